The van der Waals surface area contributed by atoms with Crippen molar-refractivity contribution in [2.45, 2.75) is 106 Å². The van der Waals surface area contributed by atoms with Crippen LogP contribution in [0.1, 0.15) is 84.1 Å². The maximum Gasteiger partial charge on any atom is 0.442 e. The number of alkyl carbamates (subject to hydrolysis) is 1. The van der Waals surface area contributed by atoms with Gasteiger partial charge in [-0.2, -0.15) is 0 Å². The predicted octanol–water partition coefficient (Wildman–Crippen LogP) is 6.06. The van der Waals surface area contributed by atoms with Gasteiger partial charge >= 0.3 is 12.2 Å². The number of nitrogens with one attached hydrogen (secondary N) is 2. The fraction of sp³-hybridized carbons (Fsp3) is 0.571. The lowest BCUT2D eigenvalue weighted by Crippen LogP contribution is -2.36. The Morgan fingerprint density at radius 2 is 1.72 bits per heavy atom. The lowest BCUT2D eigenvalue weighted by molar-refractivity contribution is 0.0607. The summed E-state index contributed by atoms with van der Waals surface area (Å²) in [4.78, 5) is 33.9. The van der Waals surface area contributed by atoms with Crippen LogP contribution in [0, 0.1) is 0 Å². The van der Waals surface area contributed by atoms with Gasteiger partial charge in [-0.05, 0) is 108 Å². The van der Waals surface area contributed by atoms with E-state index in [2.05, 4.69) is 25.0 Å². The summed E-state index contributed by atoms with van der Waals surface area (Å²) in [5, 5.41) is 5.96. The highest BCUT2D eigenvalue weighted by Gasteiger charge is 2.40. The number of aromatic nitrogens is 2. The number of rotatable bonds is 7. The molecule has 3 fully saturated rings. The second kappa shape index (κ2) is 10.4. The van der Waals surface area contributed by atoms with E-state index < -0.39 is 21.4 Å². The molecular formula is C28H37N5O5S. The van der Waals surface area contributed by atoms with Crippen molar-refractivity contribution in [3.05, 3.63) is 42.2 Å². The standard InChI is InChI=1S/C28H37N5O5S/c1-27(2,3)38-26(35)33-39(36,23-11-12-23)22-9-6-20(7-10-22)31-24-29-16-19(17-30-24)18-5-8-21(15-18)37-25(34)32-28(4)13-14-28/h6-7,9-10,16-18,21,23H,5,8,11-15H2,1-4H3,(H,32,34)(H,29,30,31)/t18-,21+,39?/m0/s1. The van der Waals surface area contributed by atoms with Crippen LogP contribution < -0.4 is 10.6 Å². The number of amides is 2. The van der Waals surface area contributed by atoms with Gasteiger partial charge in [0.05, 0.1) is 9.73 Å². The first kappa shape index (κ1) is 27.4. The van der Waals surface area contributed by atoms with Gasteiger partial charge in [0.15, 0.2) is 0 Å². The van der Waals surface area contributed by atoms with Gasteiger partial charge in [0.25, 0.3) is 0 Å². The Labute approximate surface area is 229 Å². The summed E-state index contributed by atoms with van der Waals surface area (Å²) in [6.45, 7) is 7.29. The zero-order chi connectivity index (χ0) is 27.8. The Morgan fingerprint density at radius 3 is 2.31 bits per heavy atom. The molecule has 0 spiro atoms. The monoisotopic (exact) mass is 555 g/mol. The smallest absolute Gasteiger partial charge is 0.442 e. The summed E-state index contributed by atoms with van der Waals surface area (Å²) >= 11 is 0. The van der Waals surface area contributed by atoms with Crippen LogP contribution in [-0.2, 0) is 19.2 Å². The molecule has 0 bridgehead atoms. The maximum atomic E-state index is 13.7. The molecular weight excluding hydrogens is 518 g/mol. The molecule has 0 saturated heterocycles. The molecule has 1 aromatic carbocycles. The number of benzene rings is 1. The Balaban J connectivity index is 1.18. The third-order valence-electron chi connectivity index (χ3n) is 7.23. The van der Waals surface area contributed by atoms with Crippen LogP contribution >= 0.6 is 0 Å². The van der Waals surface area contributed by atoms with Crippen molar-refractivity contribution in [2.75, 3.05) is 5.32 Å². The number of ether oxygens (including phenoxy) is 2. The second-order valence-electron chi connectivity index (χ2n) is 12.1. The third-order valence-corrected chi connectivity index (χ3v) is 9.98. The van der Waals surface area contributed by atoms with Crippen LogP contribution in [0.2, 0.25) is 0 Å². The minimum Gasteiger partial charge on any atom is -0.446 e. The van der Waals surface area contributed by atoms with E-state index in [-0.39, 0.29) is 28.9 Å². The van der Waals surface area contributed by atoms with Crippen molar-refractivity contribution >= 4 is 33.6 Å². The summed E-state index contributed by atoms with van der Waals surface area (Å²) < 4.78 is 28.6. The molecule has 11 heteroatoms. The van der Waals surface area contributed by atoms with Crippen LogP contribution in [0.4, 0.5) is 21.2 Å². The summed E-state index contributed by atoms with van der Waals surface area (Å²) in [6, 6.07) is 7.02. The molecule has 0 aliphatic heterocycles. The molecule has 210 valence electrons. The molecule has 5 rings (SSSR count). The van der Waals surface area contributed by atoms with Crippen molar-refractivity contribution in [3.8, 4) is 0 Å². The molecule has 1 unspecified atom stereocenters. The molecule has 10 nitrogen and oxygen atoms in total. The first-order valence-corrected chi connectivity index (χ1v) is 15.2. The van der Waals surface area contributed by atoms with Crippen LogP contribution in [0.25, 0.3) is 0 Å². The molecule has 3 saturated carbocycles. The zero-order valence-electron chi connectivity index (χ0n) is 22.9. The van der Waals surface area contributed by atoms with Crippen LogP contribution in [0.5, 0.6) is 0 Å². The molecule has 2 aromatic rings. The SMILES string of the molecule is CC1(NC(=O)O[C@@H]2CC[C@H](c3cnc(Nc4ccc(S(=O)(=NC(=O)OC(C)(C)C)C5CC5)cc4)nc3)C2)CC1. The molecule has 3 aliphatic carbocycles. The molecule has 3 aliphatic rings. The zero-order valence-corrected chi connectivity index (χ0v) is 23.8. The molecule has 2 amide bonds. The minimum atomic E-state index is -2.91. The fourth-order valence-corrected chi connectivity index (χ4v) is 6.86. The molecule has 3 atom stereocenters. The molecule has 2 N–H and O–H groups in total. The van der Waals surface area contributed by atoms with Crippen molar-refractivity contribution in [1.82, 2.24) is 15.3 Å². The van der Waals surface area contributed by atoms with E-state index in [1.54, 1.807) is 45.0 Å². The minimum absolute atomic E-state index is 0.0853. The van der Waals surface area contributed by atoms with E-state index in [0.717, 1.165) is 56.2 Å². The van der Waals surface area contributed by atoms with Crippen LogP contribution in [-0.4, -0.2) is 48.9 Å². The van der Waals surface area contributed by atoms with Gasteiger partial charge in [0, 0.05) is 33.8 Å². The van der Waals surface area contributed by atoms with Gasteiger partial charge in [-0.15, -0.1) is 4.36 Å². The highest BCUT2D eigenvalue weighted by Crippen LogP contribution is 2.38. The average molecular weight is 556 g/mol. The number of carbonyl (C=O) groups excluding carboxylic acids is 2. The van der Waals surface area contributed by atoms with E-state index in [4.69, 9.17) is 9.47 Å². The van der Waals surface area contributed by atoms with Crippen molar-refractivity contribution in [2.24, 2.45) is 4.36 Å². The first-order chi connectivity index (χ1) is 18.4. The van der Waals surface area contributed by atoms with Crippen LogP contribution in [0.15, 0.2) is 45.9 Å². The normalized spacial score (nSPS) is 23.3. The second-order valence-corrected chi connectivity index (χ2v) is 14.5. The Bertz CT molecular complexity index is 1340. The summed E-state index contributed by atoms with van der Waals surface area (Å²) in [5.74, 6) is 0.688. The van der Waals surface area contributed by atoms with Crippen molar-refractivity contribution in [3.63, 3.8) is 0 Å². The predicted molar refractivity (Wildman–Crippen MR) is 147 cm³/mol. The van der Waals surface area contributed by atoms with Gasteiger partial charge in [0.1, 0.15) is 11.7 Å². The van der Waals surface area contributed by atoms with E-state index in [9.17, 15) is 13.8 Å². The van der Waals surface area contributed by atoms with E-state index in [1.807, 2.05) is 19.3 Å². The molecule has 39 heavy (non-hydrogen) atoms. The summed E-state index contributed by atoms with van der Waals surface area (Å²) in [5.41, 5.74) is 0.958. The van der Waals surface area contributed by atoms with Crippen molar-refractivity contribution in [1.29, 1.82) is 0 Å². The number of carbonyl (C=O) groups is 2. The first-order valence-electron chi connectivity index (χ1n) is 13.6. The Hall–Kier alpha value is -3.21. The van der Waals surface area contributed by atoms with Gasteiger partial charge in [-0.3, -0.25) is 0 Å². The van der Waals surface area contributed by atoms with Gasteiger partial charge in [0.2, 0.25) is 5.95 Å². The molecule has 1 heterocycles. The summed E-state index contributed by atoms with van der Waals surface area (Å²) in [6.07, 6.45) is 8.44. The van der Waals surface area contributed by atoms with Crippen LogP contribution in [0.3, 0.4) is 0 Å². The highest BCUT2D eigenvalue weighted by atomic mass is 32.2. The van der Waals surface area contributed by atoms with Gasteiger partial charge in [-0.1, -0.05) is 0 Å². The average Bonchev–Trinajstić information content (AvgIpc) is 3.78. The number of hydrogen-bond donors (Lipinski definition) is 2. The number of anilines is 2. The van der Waals surface area contributed by atoms with E-state index >= 15 is 0 Å². The Morgan fingerprint density at radius 1 is 1.05 bits per heavy atom. The van der Waals surface area contributed by atoms with Gasteiger partial charge in [-0.25, -0.2) is 23.8 Å². The van der Waals surface area contributed by atoms with E-state index in [0.29, 0.717) is 10.8 Å². The number of nitrogens with zero attached hydrogens (tertiary/aromatic N) is 3. The topological polar surface area (TPSA) is 132 Å². The van der Waals surface area contributed by atoms with Gasteiger partial charge < -0.3 is 20.1 Å². The lowest BCUT2D eigenvalue weighted by Gasteiger charge is -2.18. The number of hydrogen-bond acceptors (Lipinski definition) is 8. The quantitative estimate of drug-likeness (QED) is 0.421. The Kier molecular flexibility index (Phi) is 7.30. The largest absolute Gasteiger partial charge is 0.446 e. The maximum absolute atomic E-state index is 13.7. The molecule has 0 radical (unpaired) electrons. The van der Waals surface area contributed by atoms with E-state index in [1.165, 1.54) is 0 Å². The van der Waals surface area contributed by atoms with Crippen molar-refractivity contribution < 1.29 is 23.3 Å². The summed E-state index contributed by atoms with van der Waals surface area (Å²) in [7, 11) is -2.91. The third kappa shape index (κ3) is 7.06. The lowest BCUT2D eigenvalue weighted by atomic mass is 10.0. The molecule has 1 aromatic heterocycles. The fourth-order valence-electron chi connectivity index (χ4n) is 4.66. The highest BCUT2D eigenvalue weighted by molar-refractivity contribution is 7.94.